The summed E-state index contributed by atoms with van der Waals surface area (Å²) in [4.78, 5) is 25.2. The topological polar surface area (TPSA) is 76.0 Å². The van der Waals surface area contributed by atoms with Gasteiger partial charge in [-0.1, -0.05) is 54.6 Å². The average Bonchev–Trinajstić information content (AvgIpc) is 3.25. The van der Waals surface area contributed by atoms with Gasteiger partial charge in [0.05, 0.1) is 17.7 Å². The zero-order valence-corrected chi connectivity index (χ0v) is 17.4. The van der Waals surface area contributed by atoms with Crippen LogP contribution in [0.4, 0.5) is 4.39 Å². The molecule has 0 atom stereocenters. The van der Waals surface area contributed by atoms with Crippen LogP contribution in [-0.4, -0.2) is 21.6 Å². The highest BCUT2D eigenvalue weighted by Crippen LogP contribution is 2.26. The Bertz CT molecular complexity index is 1250. The molecule has 0 fully saturated rings. The molecule has 0 spiro atoms. The maximum Gasteiger partial charge on any atom is 0.273 e. The van der Waals surface area contributed by atoms with Gasteiger partial charge in [-0.3, -0.25) is 20.4 Å². The van der Waals surface area contributed by atoms with E-state index in [1.807, 2.05) is 61.5 Å². The lowest BCUT2D eigenvalue weighted by molar-refractivity contribution is -0.121. The Labute approximate surface area is 184 Å². The molecule has 0 aliphatic carbocycles. The highest BCUT2D eigenvalue weighted by atomic mass is 19.1. The summed E-state index contributed by atoms with van der Waals surface area (Å²) in [5, 5.41) is 4.64. The highest BCUT2D eigenvalue weighted by Gasteiger charge is 2.20. The Kier molecular flexibility index (Phi) is 6.07. The van der Waals surface area contributed by atoms with Gasteiger partial charge in [0.15, 0.2) is 0 Å². The molecule has 0 unspecified atom stereocenters. The summed E-state index contributed by atoms with van der Waals surface area (Å²) in [6, 6.07) is 22.7. The molecule has 0 saturated carbocycles. The fourth-order valence-corrected chi connectivity index (χ4v) is 3.32. The Balaban J connectivity index is 1.56. The number of aryl methyl sites for hydroxylation is 1. The number of halogens is 1. The van der Waals surface area contributed by atoms with Crippen molar-refractivity contribution in [1.29, 1.82) is 0 Å². The Hall–Kier alpha value is -4.26. The molecule has 4 rings (SSSR count). The molecular formula is C25H21FN4O2. The van der Waals surface area contributed by atoms with E-state index in [-0.39, 0.29) is 12.2 Å². The van der Waals surface area contributed by atoms with Gasteiger partial charge in [0.25, 0.3) is 5.91 Å². The van der Waals surface area contributed by atoms with Gasteiger partial charge in [-0.05, 0) is 42.3 Å². The molecule has 7 heteroatoms. The number of hydrogen-bond acceptors (Lipinski definition) is 3. The number of nitrogens with zero attached hydrogens (tertiary/aromatic N) is 2. The summed E-state index contributed by atoms with van der Waals surface area (Å²) in [6.45, 7) is 1.95. The smallest absolute Gasteiger partial charge is 0.273 e. The molecule has 2 amide bonds. The van der Waals surface area contributed by atoms with E-state index in [2.05, 4.69) is 16.0 Å². The van der Waals surface area contributed by atoms with Crippen molar-refractivity contribution in [3.8, 4) is 16.9 Å². The van der Waals surface area contributed by atoms with E-state index in [0.717, 1.165) is 16.8 Å². The third-order valence-corrected chi connectivity index (χ3v) is 4.97. The molecule has 2 N–H and O–H groups in total. The van der Waals surface area contributed by atoms with Crippen molar-refractivity contribution in [1.82, 2.24) is 20.6 Å². The minimum atomic E-state index is -0.488. The first-order chi connectivity index (χ1) is 15.5. The lowest BCUT2D eigenvalue weighted by Crippen LogP contribution is -2.42. The second-order valence-electron chi connectivity index (χ2n) is 7.29. The molecule has 0 bridgehead atoms. The van der Waals surface area contributed by atoms with Gasteiger partial charge in [0.2, 0.25) is 5.91 Å². The molecule has 3 aromatic carbocycles. The third-order valence-electron chi connectivity index (χ3n) is 4.97. The summed E-state index contributed by atoms with van der Waals surface area (Å²) in [7, 11) is 0. The van der Waals surface area contributed by atoms with Gasteiger partial charge in [-0.25, -0.2) is 9.07 Å². The number of carbonyl (C=O) groups is 2. The van der Waals surface area contributed by atoms with E-state index in [9.17, 15) is 14.0 Å². The monoisotopic (exact) mass is 428 g/mol. The van der Waals surface area contributed by atoms with Crippen molar-refractivity contribution >= 4 is 11.8 Å². The third kappa shape index (κ3) is 4.73. The predicted octanol–water partition coefficient (Wildman–Crippen LogP) is 3.99. The van der Waals surface area contributed by atoms with Crippen LogP contribution in [-0.2, 0) is 11.2 Å². The van der Waals surface area contributed by atoms with Crippen molar-refractivity contribution < 1.29 is 14.0 Å². The van der Waals surface area contributed by atoms with E-state index < -0.39 is 11.8 Å². The first-order valence-electron chi connectivity index (χ1n) is 10.1. The van der Waals surface area contributed by atoms with Gasteiger partial charge >= 0.3 is 0 Å². The van der Waals surface area contributed by atoms with E-state index in [1.165, 1.54) is 24.3 Å². The van der Waals surface area contributed by atoms with Crippen LogP contribution in [0.2, 0.25) is 0 Å². The van der Waals surface area contributed by atoms with Gasteiger partial charge in [-0.15, -0.1) is 0 Å². The van der Waals surface area contributed by atoms with Crippen LogP contribution < -0.4 is 10.9 Å². The second kappa shape index (κ2) is 9.26. The Morgan fingerprint density at radius 1 is 0.906 bits per heavy atom. The summed E-state index contributed by atoms with van der Waals surface area (Å²) >= 11 is 0. The van der Waals surface area contributed by atoms with E-state index in [1.54, 1.807) is 10.9 Å². The lowest BCUT2D eigenvalue weighted by Gasteiger charge is -2.08. The van der Waals surface area contributed by atoms with Gasteiger partial charge in [0, 0.05) is 11.8 Å². The zero-order chi connectivity index (χ0) is 22.5. The number of benzene rings is 3. The number of para-hydroxylation sites is 1. The quantitative estimate of drug-likeness (QED) is 0.472. The molecule has 6 nitrogen and oxygen atoms in total. The number of amides is 2. The first-order valence-corrected chi connectivity index (χ1v) is 10.1. The number of hydrogen-bond donors (Lipinski definition) is 2. The van der Waals surface area contributed by atoms with Crippen molar-refractivity contribution in [3.63, 3.8) is 0 Å². The van der Waals surface area contributed by atoms with Crippen LogP contribution >= 0.6 is 0 Å². The molecule has 0 aliphatic rings. The maximum atomic E-state index is 13.0. The molecule has 0 radical (unpaired) electrons. The fraction of sp³-hybridized carbons (Fsp3) is 0.0800. The van der Waals surface area contributed by atoms with Crippen LogP contribution in [0.15, 0.2) is 85.1 Å². The van der Waals surface area contributed by atoms with Crippen LogP contribution in [0.3, 0.4) is 0 Å². The average molecular weight is 428 g/mol. The Morgan fingerprint density at radius 3 is 2.31 bits per heavy atom. The maximum absolute atomic E-state index is 13.0. The molecule has 0 aliphatic heterocycles. The lowest BCUT2D eigenvalue weighted by atomic mass is 10.0. The number of carbonyl (C=O) groups excluding carboxylic acids is 2. The number of nitrogens with one attached hydrogen (secondary N) is 2. The predicted molar refractivity (Wildman–Crippen MR) is 119 cm³/mol. The van der Waals surface area contributed by atoms with Gasteiger partial charge in [0.1, 0.15) is 11.5 Å². The van der Waals surface area contributed by atoms with E-state index in [4.69, 9.17) is 0 Å². The van der Waals surface area contributed by atoms with Crippen LogP contribution in [0.1, 0.15) is 21.5 Å². The minimum Gasteiger partial charge on any atom is -0.273 e. The largest absolute Gasteiger partial charge is 0.273 e. The Morgan fingerprint density at radius 2 is 1.59 bits per heavy atom. The summed E-state index contributed by atoms with van der Waals surface area (Å²) < 4.78 is 14.7. The normalized spacial score (nSPS) is 10.6. The SMILES string of the molecule is Cc1ccccc1-c1nn(-c2ccccc2)cc1C(=O)NNC(=O)Cc1ccc(F)cc1. The standard InChI is InChI=1S/C25H21FN4O2/c1-17-7-5-6-10-21(17)24-22(16-30(29-24)20-8-3-2-4-9-20)25(32)28-27-23(31)15-18-11-13-19(26)14-12-18/h2-14,16H,15H2,1H3,(H,27,31)(H,28,32). The number of rotatable bonds is 5. The second-order valence-corrected chi connectivity index (χ2v) is 7.29. The number of hydrazine groups is 1. The molecule has 0 saturated heterocycles. The number of aromatic nitrogens is 2. The minimum absolute atomic E-state index is 0.00842. The van der Waals surface area contributed by atoms with Crippen LogP contribution in [0, 0.1) is 12.7 Å². The molecule has 1 heterocycles. The molecule has 1 aromatic heterocycles. The summed E-state index contributed by atoms with van der Waals surface area (Å²) in [6.07, 6.45) is 1.65. The molecule has 4 aromatic rings. The zero-order valence-electron chi connectivity index (χ0n) is 17.4. The van der Waals surface area contributed by atoms with Crippen molar-refractivity contribution in [2.75, 3.05) is 0 Å². The molecule has 160 valence electrons. The van der Waals surface area contributed by atoms with Crippen molar-refractivity contribution in [2.24, 2.45) is 0 Å². The van der Waals surface area contributed by atoms with Crippen molar-refractivity contribution in [3.05, 3.63) is 108 Å². The van der Waals surface area contributed by atoms with Gasteiger partial charge in [-0.2, -0.15) is 5.10 Å². The first kappa shape index (κ1) is 21.0. The van der Waals surface area contributed by atoms with Crippen molar-refractivity contribution in [2.45, 2.75) is 13.3 Å². The fourth-order valence-electron chi connectivity index (χ4n) is 3.32. The van der Waals surface area contributed by atoms with E-state index >= 15 is 0 Å². The van der Waals surface area contributed by atoms with Crippen LogP contribution in [0.25, 0.3) is 16.9 Å². The highest BCUT2D eigenvalue weighted by molar-refractivity contribution is 6.01. The molecular weight excluding hydrogens is 407 g/mol. The van der Waals surface area contributed by atoms with Crippen LogP contribution in [0.5, 0.6) is 0 Å². The van der Waals surface area contributed by atoms with E-state index in [0.29, 0.717) is 16.8 Å². The molecule has 32 heavy (non-hydrogen) atoms. The van der Waals surface area contributed by atoms with Gasteiger partial charge < -0.3 is 0 Å². The summed E-state index contributed by atoms with van der Waals surface area (Å²) in [5.74, 6) is -1.28. The summed E-state index contributed by atoms with van der Waals surface area (Å²) in [5.41, 5.74) is 8.95.